The largest absolute Gasteiger partial charge is 0.300 e. The van der Waals surface area contributed by atoms with Crippen molar-refractivity contribution in [2.75, 3.05) is 0 Å². The van der Waals surface area contributed by atoms with Crippen molar-refractivity contribution in [3.05, 3.63) is 12.2 Å². The smallest absolute Gasteiger partial charge is 0.165 e. The number of Topliss-reactive ketones (excluding diaryl/α,β-unsaturated/α-hetero) is 2. The minimum Gasteiger partial charge on any atom is -0.300 e. The highest BCUT2D eigenvalue weighted by atomic mass is 16.1. The lowest BCUT2D eigenvalue weighted by atomic mass is 10.1. The summed E-state index contributed by atoms with van der Waals surface area (Å²) in [5.74, 6) is -0.311. The molecule has 0 aromatic carbocycles. The average molecular weight is 168 g/mol. The Bertz CT molecular complexity index is 216. The third-order valence-corrected chi connectivity index (χ3v) is 1.53. The highest BCUT2D eigenvalue weighted by molar-refractivity contribution is 6.11. The third-order valence-electron chi connectivity index (χ3n) is 1.53. The average Bonchev–Trinajstić information content (AvgIpc) is 2.11. The zero-order chi connectivity index (χ0) is 9.56. The first-order valence-corrected chi connectivity index (χ1v) is 3.80. The van der Waals surface area contributed by atoms with Crippen molar-refractivity contribution in [3.8, 4) is 0 Å². The number of hydrogen-bond acceptors (Lipinski definition) is 3. The highest BCUT2D eigenvalue weighted by Crippen LogP contribution is 2.00. The molecule has 3 heteroatoms. The van der Waals surface area contributed by atoms with E-state index in [2.05, 4.69) is 6.58 Å². The zero-order valence-electron chi connectivity index (χ0n) is 7.13. The molecule has 0 heterocycles. The van der Waals surface area contributed by atoms with Gasteiger partial charge in [0.15, 0.2) is 12.1 Å². The summed E-state index contributed by atoms with van der Waals surface area (Å²) >= 11 is 0. The van der Waals surface area contributed by atoms with E-state index in [4.69, 9.17) is 0 Å². The molecule has 0 N–H and O–H groups in total. The molecular weight excluding hydrogens is 156 g/mol. The van der Waals surface area contributed by atoms with Gasteiger partial charge in [0, 0.05) is 19.3 Å². The van der Waals surface area contributed by atoms with Crippen molar-refractivity contribution in [2.45, 2.75) is 26.2 Å². The molecule has 0 saturated heterocycles. The fourth-order valence-corrected chi connectivity index (χ4v) is 0.656. The van der Waals surface area contributed by atoms with Gasteiger partial charge in [0.25, 0.3) is 0 Å². The first kappa shape index (κ1) is 10.8. The Morgan fingerprint density at radius 1 is 1.33 bits per heavy atom. The molecule has 12 heavy (non-hydrogen) atoms. The maximum Gasteiger partial charge on any atom is 0.165 e. The molecule has 0 bridgehead atoms. The van der Waals surface area contributed by atoms with Gasteiger partial charge in [0.2, 0.25) is 0 Å². The predicted octanol–water partition coefficient (Wildman–Crippen LogP) is 1.07. The fourth-order valence-electron chi connectivity index (χ4n) is 0.656. The van der Waals surface area contributed by atoms with Gasteiger partial charge in [0.1, 0.15) is 5.78 Å². The molecule has 0 aliphatic heterocycles. The van der Waals surface area contributed by atoms with Crippen LogP contribution >= 0.6 is 0 Å². The van der Waals surface area contributed by atoms with E-state index >= 15 is 0 Å². The van der Waals surface area contributed by atoms with E-state index in [0.717, 1.165) is 0 Å². The van der Waals surface area contributed by atoms with Crippen LogP contribution in [0.25, 0.3) is 0 Å². The predicted molar refractivity (Wildman–Crippen MR) is 44.7 cm³/mol. The highest BCUT2D eigenvalue weighted by Gasteiger charge is 2.07. The first-order valence-electron chi connectivity index (χ1n) is 3.80. The van der Waals surface area contributed by atoms with Gasteiger partial charge in [0.05, 0.1) is 5.57 Å². The quantitative estimate of drug-likeness (QED) is 0.258. The lowest BCUT2D eigenvalue weighted by Crippen LogP contribution is -2.05. The van der Waals surface area contributed by atoms with Crippen molar-refractivity contribution in [1.82, 2.24) is 0 Å². The number of allylic oxidation sites excluding steroid dienone is 1. The Hall–Kier alpha value is -1.25. The monoisotopic (exact) mass is 168 g/mol. The SMILES string of the molecule is C=C(C=O)C(=O)CCC(=O)CC. The molecule has 0 aliphatic rings. The molecule has 0 aliphatic carbocycles. The Labute approximate surface area is 71.5 Å². The van der Waals surface area contributed by atoms with Gasteiger partial charge in [-0.1, -0.05) is 13.5 Å². The first-order chi connectivity index (χ1) is 5.61. The zero-order valence-corrected chi connectivity index (χ0v) is 7.13. The summed E-state index contributed by atoms with van der Waals surface area (Å²) in [6.45, 7) is 4.99. The van der Waals surface area contributed by atoms with Gasteiger partial charge in [-0.05, 0) is 0 Å². The second-order valence-electron chi connectivity index (χ2n) is 2.46. The summed E-state index contributed by atoms with van der Waals surface area (Å²) in [5.41, 5.74) is -0.0566. The lowest BCUT2D eigenvalue weighted by Gasteiger charge is -1.96. The van der Waals surface area contributed by atoms with Crippen molar-refractivity contribution >= 4 is 17.9 Å². The van der Waals surface area contributed by atoms with E-state index in [1.165, 1.54) is 0 Å². The second kappa shape index (κ2) is 5.41. The summed E-state index contributed by atoms with van der Waals surface area (Å²) in [6.07, 6.45) is 1.16. The second-order valence-corrected chi connectivity index (χ2v) is 2.46. The molecule has 0 radical (unpaired) electrons. The number of aldehydes is 1. The molecule has 3 nitrogen and oxygen atoms in total. The lowest BCUT2D eigenvalue weighted by molar-refractivity contribution is -0.123. The third kappa shape index (κ3) is 3.81. The molecule has 0 fully saturated rings. The molecular formula is C9H12O3. The molecule has 0 rings (SSSR count). The maximum atomic E-state index is 10.9. The van der Waals surface area contributed by atoms with Gasteiger partial charge in [-0.25, -0.2) is 0 Å². The van der Waals surface area contributed by atoms with Crippen molar-refractivity contribution in [2.24, 2.45) is 0 Å². The van der Waals surface area contributed by atoms with E-state index < -0.39 is 0 Å². The number of carbonyl (C=O) groups excluding carboxylic acids is 3. The molecule has 0 atom stereocenters. The fraction of sp³-hybridized carbons (Fsp3) is 0.444. The van der Waals surface area contributed by atoms with E-state index in [1.807, 2.05) is 0 Å². The Kier molecular flexibility index (Phi) is 4.84. The number of hydrogen-bond donors (Lipinski definition) is 0. The minimum absolute atomic E-state index is 0.0297. The summed E-state index contributed by atoms with van der Waals surface area (Å²) < 4.78 is 0. The number of ketones is 2. The van der Waals surface area contributed by atoms with Crippen LogP contribution in [0.1, 0.15) is 26.2 Å². The summed E-state index contributed by atoms with van der Waals surface area (Å²) in [5, 5.41) is 0. The van der Waals surface area contributed by atoms with E-state index in [-0.39, 0.29) is 30.0 Å². The Balaban J connectivity index is 3.79. The van der Waals surface area contributed by atoms with E-state index in [0.29, 0.717) is 12.7 Å². The van der Waals surface area contributed by atoms with Gasteiger partial charge in [-0.15, -0.1) is 0 Å². The van der Waals surface area contributed by atoms with Crippen LogP contribution < -0.4 is 0 Å². The summed E-state index contributed by atoms with van der Waals surface area (Å²) in [7, 11) is 0. The van der Waals surface area contributed by atoms with Gasteiger partial charge >= 0.3 is 0 Å². The Morgan fingerprint density at radius 3 is 2.33 bits per heavy atom. The number of rotatable bonds is 6. The molecule has 0 spiro atoms. The molecule has 66 valence electrons. The van der Waals surface area contributed by atoms with Crippen LogP contribution in [0.4, 0.5) is 0 Å². The molecule has 0 saturated carbocycles. The number of carbonyl (C=O) groups is 3. The van der Waals surface area contributed by atoms with Gasteiger partial charge in [-0.3, -0.25) is 14.4 Å². The maximum absolute atomic E-state index is 10.9. The van der Waals surface area contributed by atoms with Crippen LogP contribution in [0, 0.1) is 0 Å². The van der Waals surface area contributed by atoms with E-state index in [9.17, 15) is 14.4 Å². The summed E-state index contributed by atoms with van der Waals surface area (Å²) in [6, 6.07) is 0. The summed E-state index contributed by atoms with van der Waals surface area (Å²) in [4.78, 5) is 31.7. The topological polar surface area (TPSA) is 51.2 Å². The van der Waals surface area contributed by atoms with Gasteiger partial charge in [-0.2, -0.15) is 0 Å². The molecule has 0 unspecified atom stereocenters. The normalized spacial score (nSPS) is 9.08. The van der Waals surface area contributed by atoms with Crippen LogP contribution in [0.5, 0.6) is 0 Å². The van der Waals surface area contributed by atoms with Crippen LogP contribution in [0.2, 0.25) is 0 Å². The standard InChI is InChI=1S/C9H12O3/c1-3-8(11)4-5-9(12)7(2)6-10/h6H,2-5H2,1H3. The van der Waals surface area contributed by atoms with Crippen LogP contribution in [-0.4, -0.2) is 17.9 Å². The van der Waals surface area contributed by atoms with Crippen molar-refractivity contribution < 1.29 is 14.4 Å². The van der Waals surface area contributed by atoms with Gasteiger partial charge < -0.3 is 0 Å². The van der Waals surface area contributed by atoms with Crippen LogP contribution in [0.3, 0.4) is 0 Å². The van der Waals surface area contributed by atoms with Crippen molar-refractivity contribution in [1.29, 1.82) is 0 Å². The van der Waals surface area contributed by atoms with Crippen molar-refractivity contribution in [3.63, 3.8) is 0 Å². The van der Waals surface area contributed by atoms with E-state index in [1.54, 1.807) is 6.92 Å². The Morgan fingerprint density at radius 2 is 1.92 bits per heavy atom. The van der Waals surface area contributed by atoms with Crippen LogP contribution in [0.15, 0.2) is 12.2 Å². The van der Waals surface area contributed by atoms with Crippen LogP contribution in [-0.2, 0) is 14.4 Å². The molecule has 0 amide bonds. The molecule has 0 aromatic heterocycles. The minimum atomic E-state index is -0.341. The molecule has 0 aromatic rings.